The van der Waals surface area contributed by atoms with E-state index in [1.165, 1.54) is 0 Å². The Morgan fingerprint density at radius 3 is 2.71 bits per heavy atom. The molecule has 3 aliphatic rings. The van der Waals surface area contributed by atoms with Crippen molar-refractivity contribution in [2.75, 3.05) is 0 Å². The quantitative estimate of drug-likeness (QED) is 0.574. The number of carbonyl (C=O) groups excluding carboxylic acids is 3. The van der Waals surface area contributed by atoms with Crippen molar-refractivity contribution in [1.82, 2.24) is 0 Å². The lowest BCUT2D eigenvalue weighted by molar-refractivity contribution is -0.160. The molecule has 1 heterocycles. The Balaban J connectivity index is 2.10. The summed E-state index contributed by atoms with van der Waals surface area (Å²) >= 11 is 0. The molecule has 1 aliphatic heterocycles. The second kappa shape index (κ2) is 5.43. The fraction of sp³-hybridized carbons (Fsp3) is 0.526. The molecule has 5 heteroatoms. The van der Waals surface area contributed by atoms with Crippen molar-refractivity contribution in [2.24, 2.45) is 23.2 Å². The van der Waals surface area contributed by atoms with Gasteiger partial charge in [0, 0.05) is 11.1 Å². The summed E-state index contributed by atoms with van der Waals surface area (Å²) in [6.45, 7) is 12.8. The van der Waals surface area contributed by atoms with E-state index in [0.29, 0.717) is 6.42 Å². The normalized spacial score (nSPS) is 40.6. The minimum Gasteiger partial charge on any atom is -0.458 e. The summed E-state index contributed by atoms with van der Waals surface area (Å²) in [4.78, 5) is 36.9. The summed E-state index contributed by atoms with van der Waals surface area (Å²) in [5.74, 6) is -1.62. The van der Waals surface area contributed by atoms with Crippen molar-refractivity contribution >= 4 is 17.7 Å². The van der Waals surface area contributed by atoms with Gasteiger partial charge in [0.2, 0.25) is 0 Å². The number of rotatable bonds is 2. The van der Waals surface area contributed by atoms with Crippen molar-refractivity contribution in [3.8, 4) is 0 Å². The number of ketones is 1. The molecule has 2 aliphatic carbocycles. The van der Waals surface area contributed by atoms with Crippen molar-refractivity contribution in [3.05, 3.63) is 36.5 Å². The second-order valence-corrected chi connectivity index (χ2v) is 7.35. The Morgan fingerprint density at radius 2 is 2.08 bits per heavy atom. The van der Waals surface area contributed by atoms with Gasteiger partial charge in [-0.15, -0.1) is 0 Å². The number of esters is 2. The van der Waals surface area contributed by atoms with Crippen molar-refractivity contribution in [1.29, 1.82) is 0 Å². The summed E-state index contributed by atoms with van der Waals surface area (Å²) in [5.41, 5.74) is -0.410. The summed E-state index contributed by atoms with van der Waals surface area (Å²) in [5, 5.41) is 0. The standard InChI is InChI=1S/C19H22O5/c1-9(2)17(21)24-16-15-11(4)18(22)23-13(15)8-10(3)12-6-7-14(20)19(12,16)5/h6-7,10,12-13,15-16H,1,4,8H2,2-3,5H3/t10-,12+,13-,15-,16+,19+/m1/s1. The van der Waals surface area contributed by atoms with Gasteiger partial charge in [-0.3, -0.25) is 4.79 Å². The molecular formula is C19H22O5. The molecule has 3 rings (SSSR count). The molecule has 5 nitrogen and oxygen atoms in total. The molecule has 0 N–H and O–H groups in total. The first-order valence-corrected chi connectivity index (χ1v) is 8.16. The lowest BCUT2D eigenvalue weighted by Crippen LogP contribution is -2.49. The molecule has 0 radical (unpaired) electrons. The highest BCUT2D eigenvalue weighted by atomic mass is 16.6. The topological polar surface area (TPSA) is 69.7 Å². The summed E-state index contributed by atoms with van der Waals surface area (Å²) in [6.07, 6.45) is 2.83. The van der Waals surface area contributed by atoms with Gasteiger partial charge in [-0.05, 0) is 38.2 Å². The van der Waals surface area contributed by atoms with Crippen LogP contribution in [0.25, 0.3) is 0 Å². The molecule has 1 saturated carbocycles. The van der Waals surface area contributed by atoms with E-state index in [2.05, 4.69) is 13.2 Å². The fourth-order valence-electron chi connectivity index (χ4n) is 4.36. The Kier molecular flexibility index (Phi) is 3.78. The largest absolute Gasteiger partial charge is 0.458 e. The van der Waals surface area contributed by atoms with Gasteiger partial charge in [0.1, 0.15) is 12.2 Å². The highest BCUT2D eigenvalue weighted by Crippen LogP contribution is 2.54. The molecular weight excluding hydrogens is 308 g/mol. The third-order valence-corrected chi connectivity index (χ3v) is 5.72. The van der Waals surface area contributed by atoms with Gasteiger partial charge in [-0.2, -0.15) is 0 Å². The molecule has 0 spiro atoms. The van der Waals surface area contributed by atoms with E-state index in [4.69, 9.17) is 9.47 Å². The number of fused-ring (bicyclic) bond motifs is 2. The first kappa shape index (κ1) is 16.7. The van der Waals surface area contributed by atoms with E-state index in [1.807, 2.05) is 19.9 Å². The molecule has 128 valence electrons. The van der Waals surface area contributed by atoms with Gasteiger partial charge < -0.3 is 9.47 Å². The Morgan fingerprint density at radius 1 is 1.42 bits per heavy atom. The number of allylic oxidation sites excluding steroid dienone is 2. The van der Waals surface area contributed by atoms with Gasteiger partial charge in [0.05, 0.1) is 11.3 Å². The van der Waals surface area contributed by atoms with Crippen LogP contribution in [-0.2, 0) is 23.9 Å². The molecule has 0 aromatic heterocycles. The smallest absolute Gasteiger partial charge is 0.334 e. The molecule has 0 aromatic rings. The second-order valence-electron chi connectivity index (χ2n) is 7.35. The number of hydrogen-bond acceptors (Lipinski definition) is 5. The molecule has 0 bridgehead atoms. The maximum Gasteiger partial charge on any atom is 0.334 e. The zero-order valence-electron chi connectivity index (χ0n) is 14.2. The van der Waals surface area contributed by atoms with Crippen molar-refractivity contribution < 1.29 is 23.9 Å². The van der Waals surface area contributed by atoms with Crippen molar-refractivity contribution in [2.45, 2.75) is 39.4 Å². The fourth-order valence-corrected chi connectivity index (χ4v) is 4.36. The first-order valence-electron chi connectivity index (χ1n) is 8.16. The van der Waals surface area contributed by atoms with E-state index in [-0.39, 0.29) is 28.8 Å². The average molecular weight is 330 g/mol. The maximum atomic E-state index is 12.7. The van der Waals surface area contributed by atoms with Crippen LogP contribution in [0, 0.1) is 23.2 Å². The summed E-state index contributed by atoms with van der Waals surface area (Å²) in [6, 6.07) is 0. The molecule has 1 saturated heterocycles. The van der Waals surface area contributed by atoms with E-state index in [0.717, 1.165) is 0 Å². The van der Waals surface area contributed by atoms with Gasteiger partial charge in [-0.1, -0.05) is 26.2 Å². The Hall–Kier alpha value is -2.17. The molecule has 2 fully saturated rings. The van der Waals surface area contributed by atoms with Crippen LogP contribution in [0.15, 0.2) is 36.5 Å². The third-order valence-electron chi connectivity index (χ3n) is 5.72. The molecule has 0 aromatic carbocycles. The highest BCUT2D eigenvalue weighted by molar-refractivity contribution is 5.99. The van der Waals surface area contributed by atoms with E-state index in [1.54, 1.807) is 13.0 Å². The predicted molar refractivity (Wildman–Crippen MR) is 86.7 cm³/mol. The van der Waals surface area contributed by atoms with Crippen LogP contribution in [0.1, 0.15) is 27.2 Å². The van der Waals surface area contributed by atoms with Gasteiger partial charge in [-0.25, -0.2) is 9.59 Å². The van der Waals surface area contributed by atoms with Crippen LogP contribution < -0.4 is 0 Å². The lowest BCUT2D eigenvalue weighted by Gasteiger charge is -2.39. The van der Waals surface area contributed by atoms with E-state index >= 15 is 0 Å². The Labute approximate surface area is 141 Å². The monoisotopic (exact) mass is 330 g/mol. The molecule has 24 heavy (non-hydrogen) atoms. The first-order chi connectivity index (χ1) is 11.2. The number of carbonyl (C=O) groups is 3. The van der Waals surface area contributed by atoms with Crippen LogP contribution in [0.4, 0.5) is 0 Å². The van der Waals surface area contributed by atoms with Gasteiger partial charge in [0.15, 0.2) is 5.78 Å². The van der Waals surface area contributed by atoms with Crippen LogP contribution in [0.5, 0.6) is 0 Å². The zero-order chi connectivity index (χ0) is 17.8. The van der Waals surface area contributed by atoms with Crippen LogP contribution in [0.3, 0.4) is 0 Å². The molecule has 6 atom stereocenters. The van der Waals surface area contributed by atoms with Crippen molar-refractivity contribution in [3.63, 3.8) is 0 Å². The zero-order valence-corrected chi connectivity index (χ0v) is 14.2. The molecule has 0 amide bonds. The average Bonchev–Trinajstić information content (AvgIpc) is 2.92. The van der Waals surface area contributed by atoms with E-state index < -0.39 is 35.5 Å². The number of hydrogen-bond donors (Lipinski definition) is 0. The summed E-state index contributed by atoms with van der Waals surface area (Å²) in [7, 11) is 0. The SMILES string of the molecule is C=C(C)C(=O)O[C@H]1[C@@H]2C(=C)C(=O)O[C@@H]2C[C@@H](C)[C@@H]2C=CC(=O)[C@]21C. The maximum absolute atomic E-state index is 12.7. The minimum absolute atomic E-state index is 0.0787. The number of ether oxygens (including phenoxy) is 2. The minimum atomic E-state index is -0.930. The predicted octanol–water partition coefficient (Wildman–Crippen LogP) is 2.37. The van der Waals surface area contributed by atoms with Crippen LogP contribution in [-0.4, -0.2) is 29.9 Å². The lowest BCUT2D eigenvalue weighted by atomic mass is 9.67. The van der Waals surface area contributed by atoms with Crippen LogP contribution >= 0.6 is 0 Å². The van der Waals surface area contributed by atoms with Gasteiger partial charge in [0.25, 0.3) is 0 Å². The van der Waals surface area contributed by atoms with Gasteiger partial charge >= 0.3 is 11.9 Å². The Bertz CT molecular complexity index is 688. The summed E-state index contributed by atoms with van der Waals surface area (Å²) < 4.78 is 11.2. The highest BCUT2D eigenvalue weighted by Gasteiger charge is 2.62. The van der Waals surface area contributed by atoms with E-state index in [9.17, 15) is 14.4 Å². The molecule has 0 unspecified atom stereocenters. The third kappa shape index (κ3) is 2.18. The van der Waals surface area contributed by atoms with Crippen LogP contribution in [0.2, 0.25) is 0 Å².